The van der Waals surface area contributed by atoms with Crippen molar-refractivity contribution in [3.05, 3.63) is 70.2 Å². The maximum atomic E-state index is 6.42. The molecule has 0 heterocycles. The van der Waals surface area contributed by atoms with Crippen LogP contribution in [0.3, 0.4) is 0 Å². The molecule has 0 amide bonds. The second kappa shape index (κ2) is 7.11. The van der Waals surface area contributed by atoms with Gasteiger partial charge >= 0.3 is 0 Å². The van der Waals surface area contributed by atoms with Crippen LogP contribution in [0.25, 0.3) is 0 Å². The van der Waals surface area contributed by atoms with Gasteiger partial charge in [0.1, 0.15) is 0 Å². The zero-order valence-corrected chi connectivity index (χ0v) is 15.3. The first-order chi connectivity index (χ1) is 9.61. The van der Waals surface area contributed by atoms with Crippen molar-refractivity contribution in [2.45, 2.75) is 18.8 Å². The van der Waals surface area contributed by atoms with E-state index in [0.717, 1.165) is 22.1 Å². The summed E-state index contributed by atoms with van der Waals surface area (Å²) in [6, 6.07) is 16.8. The van der Waals surface area contributed by atoms with Crippen LogP contribution in [0.5, 0.6) is 0 Å². The van der Waals surface area contributed by atoms with Crippen LogP contribution in [0.2, 0.25) is 5.02 Å². The van der Waals surface area contributed by atoms with Crippen LogP contribution in [-0.2, 0) is 11.8 Å². The van der Waals surface area contributed by atoms with Gasteiger partial charge in [0.25, 0.3) is 0 Å². The van der Waals surface area contributed by atoms with E-state index in [-0.39, 0.29) is 5.41 Å². The summed E-state index contributed by atoms with van der Waals surface area (Å²) in [5.74, 6) is 0. The molecule has 3 heteroatoms. The summed E-state index contributed by atoms with van der Waals surface area (Å²) in [6.07, 6.45) is 0.953. The molecule has 0 aliphatic rings. The molecule has 0 saturated carbocycles. The number of hydrogen-bond acceptors (Lipinski definition) is 0. The van der Waals surface area contributed by atoms with E-state index in [9.17, 15) is 0 Å². The largest absolute Gasteiger partial charge is 0.0918 e. The van der Waals surface area contributed by atoms with Gasteiger partial charge in [0, 0.05) is 21.1 Å². The second-order valence-electron chi connectivity index (χ2n) is 5.19. The summed E-state index contributed by atoms with van der Waals surface area (Å²) in [4.78, 5) is 0. The first kappa shape index (κ1) is 16.1. The molecule has 2 rings (SSSR count). The number of hydrogen-bond donors (Lipinski definition) is 0. The van der Waals surface area contributed by atoms with Gasteiger partial charge in [0.2, 0.25) is 0 Å². The highest BCUT2D eigenvalue weighted by Gasteiger charge is 2.32. The highest BCUT2D eigenvalue weighted by molar-refractivity contribution is 9.09. The SMILES string of the molecule is Cc1cccc(CC(CBr)(CBr)c2ccccc2Cl)c1. The van der Waals surface area contributed by atoms with Crippen LogP contribution in [0.4, 0.5) is 0 Å². The molecule has 20 heavy (non-hydrogen) atoms. The average molecular weight is 417 g/mol. The third kappa shape index (κ3) is 3.47. The van der Waals surface area contributed by atoms with Gasteiger partial charge in [-0.3, -0.25) is 0 Å². The molecular weight excluding hydrogens is 399 g/mol. The normalized spacial score (nSPS) is 11.6. The molecule has 0 aliphatic heterocycles. The highest BCUT2D eigenvalue weighted by Crippen LogP contribution is 2.36. The standard InChI is InChI=1S/C17H17Br2Cl/c1-13-5-4-6-14(9-13)10-17(11-18,12-19)15-7-2-3-8-16(15)20/h2-9H,10-12H2,1H3. The predicted molar refractivity (Wildman–Crippen MR) is 95.6 cm³/mol. The molecule has 0 atom stereocenters. The lowest BCUT2D eigenvalue weighted by Crippen LogP contribution is -2.33. The van der Waals surface area contributed by atoms with Gasteiger partial charge in [-0.2, -0.15) is 0 Å². The summed E-state index contributed by atoms with van der Waals surface area (Å²) in [5.41, 5.74) is 3.78. The molecule has 2 aromatic carbocycles. The van der Waals surface area contributed by atoms with E-state index in [2.05, 4.69) is 75.2 Å². The predicted octanol–water partition coefficient (Wildman–Crippen LogP) is 5.92. The van der Waals surface area contributed by atoms with E-state index < -0.39 is 0 Å². The first-order valence-corrected chi connectivity index (χ1v) is 9.16. The van der Waals surface area contributed by atoms with Gasteiger partial charge < -0.3 is 0 Å². The fraction of sp³-hybridized carbons (Fsp3) is 0.294. The summed E-state index contributed by atoms with van der Waals surface area (Å²) >= 11 is 13.8. The van der Waals surface area contributed by atoms with Crippen LogP contribution in [-0.4, -0.2) is 10.7 Å². The fourth-order valence-corrected chi connectivity index (χ4v) is 4.74. The molecule has 0 N–H and O–H groups in total. The van der Waals surface area contributed by atoms with Gasteiger partial charge in [0.15, 0.2) is 0 Å². The maximum absolute atomic E-state index is 6.42. The van der Waals surface area contributed by atoms with Crippen molar-refractivity contribution in [3.63, 3.8) is 0 Å². The highest BCUT2D eigenvalue weighted by atomic mass is 79.9. The van der Waals surface area contributed by atoms with Crippen LogP contribution >= 0.6 is 43.5 Å². The summed E-state index contributed by atoms with van der Waals surface area (Å²) in [5, 5.41) is 2.56. The third-order valence-corrected chi connectivity index (χ3v) is 6.06. The van der Waals surface area contributed by atoms with Crippen molar-refractivity contribution in [2.75, 3.05) is 10.7 Å². The topological polar surface area (TPSA) is 0 Å². The lowest BCUT2D eigenvalue weighted by atomic mass is 9.79. The Morgan fingerprint density at radius 3 is 2.30 bits per heavy atom. The van der Waals surface area contributed by atoms with Gasteiger partial charge in [-0.15, -0.1) is 0 Å². The molecule has 0 aliphatic carbocycles. The summed E-state index contributed by atoms with van der Waals surface area (Å²) in [7, 11) is 0. The van der Waals surface area contributed by atoms with E-state index in [0.29, 0.717) is 0 Å². The molecule has 2 aromatic rings. The molecule has 106 valence electrons. The Morgan fingerprint density at radius 2 is 1.70 bits per heavy atom. The molecule has 0 spiro atoms. The lowest BCUT2D eigenvalue weighted by Gasteiger charge is -2.32. The minimum Gasteiger partial charge on any atom is -0.0918 e. The van der Waals surface area contributed by atoms with Crippen molar-refractivity contribution in [2.24, 2.45) is 0 Å². The van der Waals surface area contributed by atoms with Crippen molar-refractivity contribution in [1.29, 1.82) is 0 Å². The van der Waals surface area contributed by atoms with Gasteiger partial charge in [0.05, 0.1) is 0 Å². The minimum absolute atomic E-state index is 0.0356. The van der Waals surface area contributed by atoms with Crippen LogP contribution in [0, 0.1) is 6.92 Å². The number of rotatable bonds is 5. The molecule has 0 saturated heterocycles. The Morgan fingerprint density at radius 1 is 1.00 bits per heavy atom. The number of benzene rings is 2. The Labute approximate surface area is 142 Å². The van der Waals surface area contributed by atoms with Crippen molar-refractivity contribution in [1.82, 2.24) is 0 Å². The van der Waals surface area contributed by atoms with Crippen molar-refractivity contribution >= 4 is 43.5 Å². The fourth-order valence-electron chi connectivity index (χ4n) is 2.47. The quantitative estimate of drug-likeness (QED) is 0.531. The van der Waals surface area contributed by atoms with Crippen LogP contribution < -0.4 is 0 Å². The zero-order valence-electron chi connectivity index (χ0n) is 11.4. The molecular formula is C17H17Br2Cl. The van der Waals surface area contributed by atoms with Gasteiger partial charge in [-0.05, 0) is 30.5 Å². The number of halogens is 3. The van der Waals surface area contributed by atoms with E-state index in [1.807, 2.05) is 12.1 Å². The lowest BCUT2D eigenvalue weighted by molar-refractivity contribution is 0.551. The van der Waals surface area contributed by atoms with Crippen molar-refractivity contribution < 1.29 is 0 Å². The average Bonchev–Trinajstić information content (AvgIpc) is 2.46. The zero-order chi connectivity index (χ0) is 14.6. The van der Waals surface area contributed by atoms with Crippen molar-refractivity contribution in [3.8, 4) is 0 Å². The van der Waals surface area contributed by atoms with E-state index in [1.54, 1.807) is 0 Å². The van der Waals surface area contributed by atoms with E-state index in [1.165, 1.54) is 16.7 Å². The second-order valence-corrected chi connectivity index (χ2v) is 6.72. The Balaban J connectivity index is 2.42. The first-order valence-electron chi connectivity index (χ1n) is 6.54. The Bertz CT molecular complexity index is 577. The monoisotopic (exact) mass is 414 g/mol. The van der Waals surface area contributed by atoms with Gasteiger partial charge in [-0.25, -0.2) is 0 Å². The van der Waals surface area contributed by atoms with Gasteiger partial charge in [-0.1, -0.05) is 91.5 Å². The van der Waals surface area contributed by atoms with Crippen LogP contribution in [0.15, 0.2) is 48.5 Å². The minimum atomic E-state index is -0.0356. The maximum Gasteiger partial charge on any atom is 0.0444 e. The molecule has 0 radical (unpaired) electrons. The molecule has 0 bridgehead atoms. The Kier molecular flexibility index (Phi) is 5.71. The van der Waals surface area contributed by atoms with E-state index >= 15 is 0 Å². The summed E-state index contributed by atoms with van der Waals surface area (Å²) in [6.45, 7) is 2.13. The molecule has 0 unspecified atom stereocenters. The van der Waals surface area contributed by atoms with E-state index in [4.69, 9.17) is 11.6 Å². The Hall–Kier alpha value is -0.310. The smallest absolute Gasteiger partial charge is 0.0444 e. The third-order valence-electron chi connectivity index (χ3n) is 3.58. The molecule has 0 aromatic heterocycles. The van der Waals surface area contributed by atoms with Crippen LogP contribution in [0.1, 0.15) is 16.7 Å². The molecule has 0 fully saturated rings. The molecule has 0 nitrogen and oxygen atoms in total. The summed E-state index contributed by atoms with van der Waals surface area (Å²) < 4.78 is 0. The number of alkyl halides is 2. The number of aryl methyl sites for hydroxylation is 1.